The number of hydrogen-bond acceptors (Lipinski definition) is 2. The number of thiocarbonyl (C=S) groups is 1. The van der Waals surface area contributed by atoms with Crippen molar-refractivity contribution in [1.82, 2.24) is 0 Å². The number of hydrogen-bond donors (Lipinski definition) is 2. The van der Waals surface area contributed by atoms with E-state index in [0.29, 0.717) is 0 Å². The van der Waals surface area contributed by atoms with Gasteiger partial charge in [0.15, 0.2) is 0 Å². The van der Waals surface area contributed by atoms with Crippen LogP contribution in [0.15, 0.2) is 30.3 Å². The highest BCUT2D eigenvalue weighted by molar-refractivity contribution is 7.80. The summed E-state index contributed by atoms with van der Waals surface area (Å²) >= 11 is 4.75. The highest BCUT2D eigenvalue weighted by Gasteiger charge is 2.19. The lowest BCUT2D eigenvalue weighted by molar-refractivity contribution is -0.118. The molecule has 0 bridgehead atoms. The van der Waals surface area contributed by atoms with Crippen molar-refractivity contribution < 1.29 is 4.79 Å². The average molecular weight is 194 g/mol. The van der Waals surface area contributed by atoms with Gasteiger partial charge >= 0.3 is 0 Å². The van der Waals surface area contributed by atoms with Gasteiger partial charge in [0.05, 0.1) is 4.99 Å². The molecule has 0 saturated carbocycles. The minimum atomic E-state index is -0.656. The Labute approximate surface area is 81.7 Å². The van der Waals surface area contributed by atoms with Crippen molar-refractivity contribution in [2.45, 2.75) is 5.92 Å². The summed E-state index contributed by atoms with van der Waals surface area (Å²) in [5.41, 5.74) is 11.3. The number of rotatable bonds is 3. The summed E-state index contributed by atoms with van der Waals surface area (Å²) in [6.07, 6.45) is 0. The summed E-state index contributed by atoms with van der Waals surface area (Å²) < 4.78 is 0. The van der Waals surface area contributed by atoms with Gasteiger partial charge in [0.1, 0.15) is 5.92 Å². The fourth-order valence-electron chi connectivity index (χ4n) is 1.11. The van der Waals surface area contributed by atoms with Crippen LogP contribution < -0.4 is 11.5 Å². The Kier molecular flexibility index (Phi) is 2.97. The van der Waals surface area contributed by atoms with Crippen LogP contribution in [0.1, 0.15) is 11.5 Å². The van der Waals surface area contributed by atoms with Gasteiger partial charge in [-0.05, 0) is 5.56 Å². The lowest BCUT2D eigenvalue weighted by atomic mass is 9.99. The first kappa shape index (κ1) is 9.67. The minimum Gasteiger partial charge on any atom is -0.392 e. The van der Waals surface area contributed by atoms with E-state index in [1.165, 1.54) is 0 Å². The second-order valence-electron chi connectivity index (χ2n) is 2.65. The van der Waals surface area contributed by atoms with Crippen LogP contribution in [0.3, 0.4) is 0 Å². The topological polar surface area (TPSA) is 69.1 Å². The highest BCUT2D eigenvalue weighted by Crippen LogP contribution is 2.14. The fraction of sp³-hybridized carbons (Fsp3) is 0.111. The largest absolute Gasteiger partial charge is 0.392 e. The highest BCUT2D eigenvalue weighted by atomic mass is 32.1. The smallest absolute Gasteiger partial charge is 0.231 e. The molecule has 1 rings (SSSR count). The molecule has 13 heavy (non-hydrogen) atoms. The van der Waals surface area contributed by atoms with Crippen molar-refractivity contribution in [3.8, 4) is 0 Å². The van der Waals surface area contributed by atoms with Crippen molar-refractivity contribution in [2.75, 3.05) is 0 Å². The molecule has 1 unspecified atom stereocenters. The van der Waals surface area contributed by atoms with E-state index in [4.69, 9.17) is 23.7 Å². The maximum atomic E-state index is 11.0. The second-order valence-corrected chi connectivity index (χ2v) is 3.12. The predicted molar refractivity (Wildman–Crippen MR) is 55.2 cm³/mol. The van der Waals surface area contributed by atoms with E-state index in [1.807, 2.05) is 18.2 Å². The fourth-order valence-corrected chi connectivity index (χ4v) is 1.37. The Bertz CT molecular complexity index is 310. The summed E-state index contributed by atoms with van der Waals surface area (Å²) in [4.78, 5) is 11.1. The van der Waals surface area contributed by atoms with Crippen LogP contribution >= 0.6 is 12.2 Å². The third-order valence-electron chi connectivity index (χ3n) is 1.70. The van der Waals surface area contributed by atoms with E-state index in [1.54, 1.807) is 12.1 Å². The summed E-state index contributed by atoms with van der Waals surface area (Å²) in [6, 6.07) is 9.01. The lowest BCUT2D eigenvalue weighted by Gasteiger charge is -2.10. The standard InChI is InChI=1S/C9H10N2OS/c10-8(12)7(9(11)13)6-4-2-1-3-5-6/h1-5,7H,(H2,10,12)(H2,11,13). The van der Waals surface area contributed by atoms with Gasteiger partial charge < -0.3 is 11.5 Å². The summed E-state index contributed by atoms with van der Waals surface area (Å²) in [6.45, 7) is 0. The van der Waals surface area contributed by atoms with Gasteiger partial charge in [-0.25, -0.2) is 0 Å². The molecule has 68 valence electrons. The molecule has 4 heteroatoms. The van der Waals surface area contributed by atoms with Crippen molar-refractivity contribution >= 4 is 23.1 Å². The zero-order valence-corrected chi connectivity index (χ0v) is 7.75. The van der Waals surface area contributed by atoms with Gasteiger partial charge in [-0.1, -0.05) is 42.5 Å². The van der Waals surface area contributed by atoms with Crippen LogP contribution in [0, 0.1) is 0 Å². The Morgan fingerprint density at radius 3 is 2.15 bits per heavy atom. The van der Waals surface area contributed by atoms with Gasteiger partial charge in [-0.15, -0.1) is 0 Å². The van der Waals surface area contributed by atoms with Crippen LogP contribution in [-0.4, -0.2) is 10.9 Å². The summed E-state index contributed by atoms with van der Waals surface area (Å²) in [7, 11) is 0. The maximum Gasteiger partial charge on any atom is 0.231 e. The van der Waals surface area contributed by atoms with Crippen LogP contribution in [0.5, 0.6) is 0 Å². The second kappa shape index (κ2) is 4.00. The minimum absolute atomic E-state index is 0.110. The van der Waals surface area contributed by atoms with E-state index in [-0.39, 0.29) is 4.99 Å². The van der Waals surface area contributed by atoms with Gasteiger partial charge in [-0.2, -0.15) is 0 Å². The van der Waals surface area contributed by atoms with Crippen molar-refractivity contribution in [1.29, 1.82) is 0 Å². The third kappa shape index (κ3) is 2.26. The first-order valence-electron chi connectivity index (χ1n) is 3.76. The molecule has 0 fully saturated rings. The Balaban J connectivity index is 3.03. The summed E-state index contributed by atoms with van der Waals surface area (Å²) in [5, 5.41) is 0. The number of primary amides is 1. The molecule has 1 atom stereocenters. The summed E-state index contributed by atoms with van der Waals surface area (Å²) in [5.74, 6) is -1.17. The van der Waals surface area contributed by atoms with Crippen LogP contribution in [0.25, 0.3) is 0 Å². The molecular weight excluding hydrogens is 184 g/mol. The number of amides is 1. The van der Waals surface area contributed by atoms with Crippen molar-refractivity contribution in [2.24, 2.45) is 11.5 Å². The quantitative estimate of drug-likeness (QED) is 0.690. The zero-order valence-electron chi connectivity index (χ0n) is 6.94. The maximum absolute atomic E-state index is 11.0. The molecule has 0 spiro atoms. The molecule has 1 aromatic carbocycles. The molecule has 1 aromatic rings. The molecule has 4 N–H and O–H groups in total. The van der Waals surface area contributed by atoms with Gasteiger partial charge in [0.25, 0.3) is 0 Å². The molecule has 0 aliphatic rings. The molecule has 0 saturated heterocycles. The van der Waals surface area contributed by atoms with E-state index >= 15 is 0 Å². The third-order valence-corrected chi connectivity index (χ3v) is 1.94. The molecule has 0 aromatic heterocycles. The number of carbonyl (C=O) groups is 1. The molecule has 0 heterocycles. The molecular formula is C9H10N2OS. The average Bonchev–Trinajstić information content (AvgIpc) is 2.04. The van der Waals surface area contributed by atoms with Crippen LogP contribution in [-0.2, 0) is 4.79 Å². The van der Waals surface area contributed by atoms with E-state index in [0.717, 1.165) is 5.56 Å². The monoisotopic (exact) mass is 194 g/mol. The van der Waals surface area contributed by atoms with E-state index in [2.05, 4.69) is 0 Å². The predicted octanol–water partition coefficient (Wildman–Crippen LogP) is 0.542. The lowest BCUT2D eigenvalue weighted by Crippen LogP contribution is -2.31. The van der Waals surface area contributed by atoms with Crippen molar-refractivity contribution in [3.63, 3.8) is 0 Å². The van der Waals surface area contributed by atoms with Gasteiger partial charge in [0, 0.05) is 0 Å². The zero-order chi connectivity index (χ0) is 9.84. The normalized spacial score (nSPS) is 12.0. The van der Waals surface area contributed by atoms with E-state index in [9.17, 15) is 4.79 Å². The SMILES string of the molecule is NC(=O)C(C(N)=S)c1ccccc1. The molecule has 0 aliphatic heterocycles. The van der Waals surface area contributed by atoms with E-state index < -0.39 is 11.8 Å². The molecule has 0 aliphatic carbocycles. The van der Waals surface area contributed by atoms with Gasteiger partial charge in [-0.3, -0.25) is 4.79 Å². The van der Waals surface area contributed by atoms with Crippen LogP contribution in [0.4, 0.5) is 0 Å². The molecule has 3 nitrogen and oxygen atoms in total. The Morgan fingerprint density at radius 1 is 1.23 bits per heavy atom. The van der Waals surface area contributed by atoms with Gasteiger partial charge in [0.2, 0.25) is 5.91 Å². The number of nitrogens with two attached hydrogens (primary N) is 2. The number of carbonyl (C=O) groups excluding carboxylic acids is 1. The molecule has 1 amide bonds. The van der Waals surface area contributed by atoms with Crippen LogP contribution in [0.2, 0.25) is 0 Å². The Morgan fingerprint density at radius 2 is 1.77 bits per heavy atom. The Hall–Kier alpha value is -1.42. The first-order valence-corrected chi connectivity index (χ1v) is 4.17. The molecule has 0 radical (unpaired) electrons. The van der Waals surface area contributed by atoms with Crippen molar-refractivity contribution in [3.05, 3.63) is 35.9 Å². The number of benzene rings is 1. The first-order chi connectivity index (χ1) is 6.13.